The minimum Gasteiger partial charge on any atom is -0.314 e. The van der Waals surface area contributed by atoms with Gasteiger partial charge in [-0.25, -0.2) is 0 Å². The Bertz CT molecular complexity index is 471. The van der Waals surface area contributed by atoms with Gasteiger partial charge in [-0.05, 0) is 45.6 Å². The van der Waals surface area contributed by atoms with E-state index in [0.29, 0.717) is 0 Å². The number of rotatable bonds is 3. The number of piperidine rings is 2. The molecule has 2 unspecified atom stereocenters. The first kappa shape index (κ1) is 14.4. The number of nitrogens with zero attached hydrogens (tertiary/aromatic N) is 3. The Kier molecular flexibility index (Phi) is 4.34. The Labute approximate surface area is 126 Å². The van der Waals surface area contributed by atoms with E-state index in [9.17, 15) is 0 Å². The second kappa shape index (κ2) is 6.04. The zero-order valence-corrected chi connectivity index (χ0v) is 13.3. The second-order valence-corrected chi connectivity index (χ2v) is 6.53. The zero-order chi connectivity index (χ0) is 14.1. The summed E-state index contributed by atoms with van der Waals surface area (Å²) in [6.45, 7) is 9.52. The molecule has 0 amide bonds. The van der Waals surface area contributed by atoms with Crippen molar-refractivity contribution >= 4 is 11.6 Å². The number of hydrogen-bond donors (Lipinski definition) is 1. The van der Waals surface area contributed by atoms with Gasteiger partial charge >= 0.3 is 0 Å². The van der Waals surface area contributed by atoms with Crippen molar-refractivity contribution in [3.05, 3.63) is 16.4 Å². The minimum atomic E-state index is 0.744. The number of aromatic nitrogens is 2. The molecule has 2 aliphatic rings. The van der Waals surface area contributed by atoms with E-state index in [1.165, 1.54) is 44.6 Å². The first-order valence-corrected chi connectivity index (χ1v) is 8.24. The number of fused-ring (bicyclic) bond motifs is 1. The molecule has 2 aliphatic heterocycles. The fourth-order valence-electron chi connectivity index (χ4n) is 3.70. The maximum Gasteiger partial charge on any atom is 0.0860 e. The van der Waals surface area contributed by atoms with Crippen molar-refractivity contribution in [2.24, 2.45) is 5.92 Å². The lowest BCUT2D eigenvalue weighted by molar-refractivity contribution is 0.106. The van der Waals surface area contributed by atoms with Crippen molar-refractivity contribution in [2.45, 2.75) is 52.2 Å². The fraction of sp³-hybridized carbons (Fsp3) is 0.800. The van der Waals surface area contributed by atoms with Gasteiger partial charge < -0.3 is 5.32 Å². The molecule has 1 aromatic rings. The van der Waals surface area contributed by atoms with Crippen LogP contribution in [0.25, 0.3) is 0 Å². The number of nitrogens with one attached hydrogen (secondary N) is 1. The summed E-state index contributed by atoms with van der Waals surface area (Å²) in [4.78, 5) is 2.56. The Morgan fingerprint density at radius 3 is 3.05 bits per heavy atom. The fourth-order valence-corrected chi connectivity index (χ4v) is 3.89. The lowest BCUT2D eigenvalue weighted by Crippen LogP contribution is -2.51. The largest absolute Gasteiger partial charge is 0.314 e. The highest BCUT2D eigenvalue weighted by atomic mass is 35.5. The summed E-state index contributed by atoms with van der Waals surface area (Å²) in [5.74, 6) is 0.815. The Morgan fingerprint density at radius 1 is 1.40 bits per heavy atom. The summed E-state index contributed by atoms with van der Waals surface area (Å²) in [5, 5.41) is 9.05. The van der Waals surface area contributed by atoms with E-state index in [1.807, 2.05) is 6.92 Å². The van der Waals surface area contributed by atoms with E-state index in [4.69, 9.17) is 11.6 Å². The van der Waals surface area contributed by atoms with Crippen LogP contribution >= 0.6 is 11.6 Å². The molecule has 1 N–H and O–H groups in total. The van der Waals surface area contributed by atoms with Crippen LogP contribution in [-0.2, 0) is 13.1 Å². The van der Waals surface area contributed by atoms with Crippen LogP contribution in [0.2, 0.25) is 5.02 Å². The summed E-state index contributed by atoms with van der Waals surface area (Å²) >= 11 is 6.43. The molecule has 112 valence electrons. The van der Waals surface area contributed by atoms with Gasteiger partial charge in [0.05, 0.1) is 16.4 Å². The van der Waals surface area contributed by atoms with Gasteiger partial charge in [0.1, 0.15) is 0 Å². The Morgan fingerprint density at radius 2 is 2.25 bits per heavy atom. The molecule has 4 nitrogen and oxygen atoms in total. The van der Waals surface area contributed by atoms with Crippen molar-refractivity contribution in [3.8, 4) is 0 Å². The molecule has 1 aromatic heterocycles. The average Bonchev–Trinajstić information content (AvgIpc) is 2.75. The van der Waals surface area contributed by atoms with Gasteiger partial charge in [-0.2, -0.15) is 5.10 Å². The monoisotopic (exact) mass is 296 g/mol. The predicted molar refractivity (Wildman–Crippen MR) is 82.1 cm³/mol. The number of aryl methyl sites for hydroxylation is 2. The van der Waals surface area contributed by atoms with Crippen LogP contribution < -0.4 is 5.32 Å². The third-order valence-corrected chi connectivity index (χ3v) is 5.29. The quantitative estimate of drug-likeness (QED) is 0.930. The van der Waals surface area contributed by atoms with Gasteiger partial charge in [0.2, 0.25) is 0 Å². The van der Waals surface area contributed by atoms with Crippen molar-refractivity contribution in [3.63, 3.8) is 0 Å². The summed E-state index contributed by atoms with van der Waals surface area (Å²) in [7, 11) is 0. The van der Waals surface area contributed by atoms with E-state index < -0.39 is 0 Å². The van der Waals surface area contributed by atoms with E-state index in [2.05, 4.69) is 26.9 Å². The van der Waals surface area contributed by atoms with Crippen LogP contribution in [-0.4, -0.2) is 40.4 Å². The summed E-state index contributed by atoms with van der Waals surface area (Å²) < 4.78 is 2.06. The van der Waals surface area contributed by atoms with E-state index >= 15 is 0 Å². The summed E-state index contributed by atoms with van der Waals surface area (Å²) in [6, 6.07) is 0.744. The molecule has 0 saturated carbocycles. The van der Waals surface area contributed by atoms with Crippen LogP contribution in [0.3, 0.4) is 0 Å². The van der Waals surface area contributed by atoms with E-state index in [-0.39, 0.29) is 0 Å². The lowest BCUT2D eigenvalue weighted by Gasteiger charge is -2.41. The topological polar surface area (TPSA) is 33.1 Å². The van der Waals surface area contributed by atoms with Crippen molar-refractivity contribution in [1.29, 1.82) is 0 Å². The number of likely N-dealkylation sites (tertiary alicyclic amines) is 1. The summed E-state index contributed by atoms with van der Waals surface area (Å²) in [5.41, 5.74) is 2.15. The van der Waals surface area contributed by atoms with Crippen LogP contribution in [0.4, 0.5) is 0 Å². The molecule has 0 spiro atoms. The molecule has 5 heteroatoms. The highest BCUT2D eigenvalue weighted by Crippen LogP contribution is 2.28. The SMILES string of the molecule is CCn1nc(C)c(Cl)c1CN1CCC2NCCCC2C1. The van der Waals surface area contributed by atoms with Crippen LogP contribution in [0.15, 0.2) is 0 Å². The molecular formula is C15H25ClN4. The van der Waals surface area contributed by atoms with Crippen molar-refractivity contribution < 1.29 is 0 Å². The molecule has 3 heterocycles. The van der Waals surface area contributed by atoms with Gasteiger partial charge in [0.25, 0.3) is 0 Å². The number of hydrogen-bond acceptors (Lipinski definition) is 3. The average molecular weight is 297 g/mol. The van der Waals surface area contributed by atoms with Crippen LogP contribution in [0, 0.1) is 12.8 Å². The third-order valence-electron chi connectivity index (χ3n) is 4.80. The third kappa shape index (κ3) is 2.74. The van der Waals surface area contributed by atoms with Crippen molar-refractivity contribution in [1.82, 2.24) is 20.0 Å². The summed E-state index contributed by atoms with van der Waals surface area (Å²) in [6.07, 6.45) is 3.96. The molecule has 0 bridgehead atoms. The maximum atomic E-state index is 6.43. The molecular weight excluding hydrogens is 272 g/mol. The van der Waals surface area contributed by atoms with Gasteiger partial charge in [-0.1, -0.05) is 11.6 Å². The van der Waals surface area contributed by atoms with E-state index in [1.54, 1.807) is 0 Å². The molecule has 0 radical (unpaired) electrons. The van der Waals surface area contributed by atoms with Gasteiger partial charge in [0, 0.05) is 32.2 Å². The van der Waals surface area contributed by atoms with Crippen LogP contribution in [0.5, 0.6) is 0 Å². The number of halogens is 1. The predicted octanol–water partition coefficient (Wildman–Crippen LogP) is 2.44. The van der Waals surface area contributed by atoms with Gasteiger partial charge in [-0.15, -0.1) is 0 Å². The standard InChI is InChI=1S/C15H25ClN4/c1-3-20-14(15(16)11(2)18-20)10-19-8-6-13-12(9-19)5-4-7-17-13/h12-13,17H,3-10H2,1-2H3. The molecule has 0 aromatic carbocycles. The highest BCUT2D eigenvalue weighted by Gasteiger charge is 2.31. The van der Waals surface area contributed by atoms with Crippen LogP contribution in [0.1, 0.15) is 37.6 Å². The molecule has 2 saturated heterocycles. The van der Waals surface area contributed by atoms with Gasteiger partial charge in [-0.3, -0.25) is 9.58 Å². The zero-order valence-electron chi connectivity index (χ0n) is 12.5. The molecule has 0 aliphatic carbocycles. The van der Waals surface area contributed by atoms with Crippen molar-refractivity contribution in [2.75, 3.05) is 19.6 Å². The smallest absolute Gasteiger partial charge is 0.0860 e. The molecule has 2 atom stereocenters. The molecule has 3 rings (SSSR count). The Hall–Kier alpha value is -0.580. The maximum absolute atomic E-state index is 6.43. The first-order chi connectivity index (χ1) is 9.69. The minimum absolute atomic E-state index is 0.744. The van der Waals surface area contributed by atoms with Gasteiger partial charge in [0.15, 0.2) is 0 Å². The second-order valence-electron chi connectivity index (χ2n) is 6.15. The Balaban J connectivity index is 1.69. The van der Waals surface area contributed by atoms with E-state index in [0.717, 1.165) is 35.8 Å². The normalized spacial score (nSPS) is 27.6. The first-order valence-electron chi connectivity index (χ1n) is 7.86. The highest BCUT2D eigenvalue weighted by molar-refractivity contribution is 6.31. The lowest BCUT2D eigenvalue weighted by atomic mass is 9.85. The molecule has 2 fully saturated rings. The molecule has 20 heavy (non-hydrogen) atoms.